The Morgan fingerprint density at radius 3 is 2.64 bits per heavy atom. The summed E-state index contributed by atoms with van der Waals surface area (Å²) in [5.41, 5.74) is 0.790. The quantitative estimate of drug-likeness (QED) is 0.450. The van der Waals surface area contributed by atoms with Gasteiger partial charge in [0.2, 0.25) is 0 Å². The molecule has 2 rings (SSSR count). The molecule has 0 unspecified atom stereocenters. The Bertz CT molecular complexity index is 491. The molecule has 0 atom stereocenters. The fraction of sp³-hybridized carbons (Fsp3) is 0.529. The summed E-state index contributed by atoms with van der Waals surface area (Å²) in [6.45, 7) is 5.10. The van der Waals surface area contributed by atoms with E-state index < -0.39 is 0 Å². The van der Waals surface area contributed by atoms with Crippen molar-refractivity contribution in [3.63, 3.8) is 0 Å². The van der Waals surface area contributed by atoms with Crippen LogP contribution in [0.4, 0.5) is 0 Å². The normalized spacial score (nSPS) is 15.6. The Morgan fingerprint density at radius 1 is 1.23 bits per heavy atom. The average molecular weight is 300 g/mol. The number of unbranched alkanes of at least 4 members (excludes halogenated alkanes) is 1. The topological polar surface area (TPSA) is 59.4 Å². The molecule has 0 amide bonds. The monoisotopic (exact) mass is 300 g/mol. The molecule has 5 heteroatoms. The van der Waals surface area contributed by atoms with Crippen LogP contribution in [0.2, 0.25) is 0 Å². The number of hydrazine groups is 1. The number of Topliss-reactive ketones (excluding diaryl/α,β-unsaturated/α-hetero) is 1. The van der Waals surface area contributed by atoms with Crippen LogP contribution in [0.1, 0.15) is 29.6 Å². The van der Waals surface area contributed by atoms with Gasteiger partial charge in [-0.05, 0) is 12.8 Å². The van der Waals surface area contributed by atoms with Crippen LogP contribution < -0.4 is 5.32 Å². The van der Waals surface area contributed by atoms with Gasteiger partial charge in [0.25, 0.3) is 0 Å². The summed E-state index contributed by atoms with van der Waals surface area (Å²) >= 11 is 0. The molecule has 1 aliphatic rings. The van der Waals surface area contributed by atoms with E-state index in [4.69, 9.17) is 5.26 Å². The number of nitrogens with zero attached hydrogens (tertiary/aromatic N) is 3. The van der Waals surface area contributed by atoms with Crippen molar-refractivity contribution in [2.24, 2.45) is 0 Å². The second-order valence-electron chi connectivity index (χ2n) is 5.50. The molecule has 1 saturated heterocycles. The fourth-order valence-corrected chi connectivity index (χ4v) is 2.69. The lowest BCUT2D eigenvalue weighted by Gasteiger charge is -2.36. The largest absolute Gasteiger partial charge is 0.314 e. The van der Waals surface area contributed by atoms with E-state index in [-0.39, 0.29) is 5.78 Å². The van der Waals surface area contributed by atoms with Crippen molar-refractivity contribution in [3.8, 4) is 6.07 Å². The Hall–Kier alpha value is -1.74. The number of carbonyl (C=O) groups is 1. The first-order valence-electron chi connectivity index (χ1n) is 7.97. The van der Waals surface area contributed by atoms with Crippen molar-refractivity contribution >= 4 is 5.78 Å². The van der Waals surface area contributed by atoms with Crippen molar-refractivity contribution in [2.45, 2.75) is 19.3 Å². The van der Waals surface area contributed by atoms with Crippen LogP contribution in [-0.4, -0.2) is 55.1 Å². The van der Waals surface area contributed by atoms with Gasteiger partial charge in [0.15, 0.2) is 5.78 Å². The number of nitriles is 1. The number of hydrogen-bond acceptors (Lipinski definition) is 5. The highest BCUT2D eigenvalue weighted by molar-refractivity contribution is 5.95. The van der Waals surface area contributed by atoms with Crippen LogP contribution in [0.25, 0.3) is 0 Å². The third-order valence-electron chi connectivity index (χ3n) is 3.91. The summed E-state index contributed by atoms with van der Waals surface area (Å²) in [5, 5.41) is 16.7. The zero-order valence-corrected chi connectivity index (χ0v) is 13.0. The molecular weight excluding hydrogens is 276 g/mol. The number of benzene rings is 1. The summed E-state index contributed by atoms with van der Waals surface area (Å²) in [6.07, 6.45) is 2.37. The molecule has 5 nitrogen and oxygen atoms in total. The molecule has 0 aromatic heterocycles. The number of carbonyl (C=O) groups excluding carboxylic acids is 1. The minimum atomic E-state index is 0.203. The summed E-state index contributed by atoms with van der Waals surface area (Å²) in [5.74, 6) is 0.203. The Morgan fingerprint density at radius 2 is 1.95 bits per heavy atom. The molecule has 1 fully saturated rings. The molecule has 118 valence electrons. The first kappa shape index (κ1) is 16.6. The fourth-order valence-electron chi connectivity index (χ4n) is 2.69. The zero-order chi connectivity index (χ0) is 15.6. The van der Waals surface area contributed by atoms with Gasteiger partial charge < -0.3 is 5.32 Å². The highest BCUT2D eigenvalue weighted by atomic mass is 16.1. The van der Waals surface area contributed by atoms with Gasteiger partial charge in [0.1, 0.15) is 6.54 Å². The highest BCUT2D eigenvalue weighted by Gasteiger charge is 2.17. The van der Waals surface area contributed by atoms with Gasteiger partial charge in [-0.15, -0.1) is 0 Å². The number of piperazine rings is 1. The summed E-state index contributed by atoms with van der Waals surface area (Å²) < 4.78 is 0. The molecule has 0 bridgehead atoms. The highest BCUT2D eigenvalue weighted by Crippen LogP contribution is 2.08. The van der Waals surface area contributed by atoms with E-state index in [1.165, 1.54) is 0 Å². The van der Waals surface area contributed by atoms with Crippen molar-refractivity contribution in [1.29, 1.82) is 5.26 Å². The standard InChI is InChI=1S/C17H24N4O/c18-9-13-20(21-14-10-19-11-15-21)12-5-4-8-17(22)16-6-2-1-3-7-16/h1-3,6-7,19H,4-5,8,10-15H2. The van der Waals surface area contributed by atoms with E-state index in [0.717, 1.165) is 51.1 Å². The summed E-state index contributed by atoms with van der Waals surface area (Å²) in [7, 11) is 0. The first-order valence-corrected chi connectivity index (χ1v) is 7.97. The van der Waals surface area contributed by atoms with E-state index >= 15 is 0 Å². The van der Waals surface area contributed by atoms with Gasteiger partial charge >= 0.3 is 0 Å². The molecule has 0 spiro atoms. The maximum Gasteiger partial charge on any atom is 0.162 e. The lowest BCUT2D eigenvalue weighted by atomic mass is 10.1. The lowest BCUT2D eigenvalue weighted by Crippen LogP contribution is -2.52. The van der Waals surface area contributed by atoms with Gasteiger partial charge in [-0.25, -0.2) is 10.0 Å². The number of ketones is 1. The smallest absolute Gasteiger partial charge is 0.162 e. The predicted octanol–water partition coefficient (Wildman–Crippen LogP) is 1.69. The lowest BCUT2D eigenvalue weighted by molar-refractivity contribution is -0.0239. The van der Waals surface area contributed by atoms with Gasteiger partial charge in [-0.3, -0.25) is 4.79 Å². The van der Waals surface area contributed by atoms with Crippen molar-refractivity contribution in [1.82, 2.24) is 15.3 Å². The second kappa shape index (κ2) is 9.31. The van der Waals surface area contributed by atoms with Crippen LogP contribution in [0.5, 0.6) is 0 Å². The molecule has 22 heavy (non-hydrogen) atoms. The molecule has 1 aliphatic heterocycles. The van der Waals surface area contributed by atoms with E-state index in [9.17, 15) is 4.79 Å². The minimum Gasteiger partial charge on any atom is -0.314 e. The van der Waals surface area contributed by atoms with Crippen molar-refractivity contribution in [2.75, 3.05) is 39.3 Å². The number of hydrogen-bond donors (Lipinski definition) is 1. The molecule has 0 aliphatic carbocycles. The third-order valence-corrected chi connectivity index (χ3v) is 3.91. The molecule has 0 saturated carbocycles. The van der Waals surface area contributed by atoms with Gasteiger partial charge in [0, 0.05) is 44.7 Å². The average Bonchev–Trinajstić information content (AvgIpc) is 2.59. The van der Waals surface area contributed by atoms with Gasteiger partial charge in [-0.2, -0.15) is 5.26 Å². The summed E-state index contributed by atoms with van der Waals surface area (Å²) in [4.78, 5) is 12.0. The van der Waals surface area contributed by atoms with Crippen LogP contribution in [0, 0.1) is 11.3 Å². The molecule has 1 aromatic rings. The molecule has 0 radical (unpaired) electrons. The van der Waals surface area contributed by atoms with Crippen LogP contribution in [0.3, 0.4) is 0 Å². The number of nitrogens with one attached hydrogen (secondary N) is 1. The summed E-state index contributed by atoms with van der Waals surface area (Å²) in [6, 6.07) is 11.7. The van der Waals surface area contributed by atoms with Crippen LogP contribution in [-0.2, 0) is 0 Å². The van der Waals surface area contributed by atoms with E-state index in [1.54, 1.807) is 0 Å². The van der Waals surface area contributed by atoms with Crippen LogP contribution in [0.15, 0.2) is 30.3 Å². The zero-order valence-electron chi connectivity index (χ0n) is 13.0. The SMILES string of the molecule is N#CCN(CCCCC(=O)c1ccccc1)N1CCNCC1. The molecular formula is C17H24N4O. The second-order valence-corrected chi connectivity index (χ2v) is 5.50. The Kier molecular flexibility index (Phi) is 7.04. The van der Waals surface area contributed by atoms with E-state index in [0.29, 0.717) is 13.0 Å². The third kappa shape index (κ3) is 5.23. The number of rotatable bonds is 8. The molecule has 1 aromatic carbocycles. The van der Waals surface area contributed by atoms with Crippen LogP contribution >= 0.6 is 0 Å². The maximum absolute atomic E-state index is 12.0. The van der Waals surface area contributed by atoms with E-state index in [2.05, 4.69) is 21.4 Å². The minimum absolute atomic E-state index is 0.203. The van der Waals surface area contributed by atoms with Gasteiger partial charge in [-0.1, -0.05) is 30.3 Å². The Balaban J connectivity index is 1.71. The predicted molar refractivity (Wildman–Crippen MR) is 86.3 cm³/mol. The van der Waals surface area contributed by atoms with E-state index in [1.807, 2.05) is 30.3 Å². The molecule has 1 heterocycles. The Labute approximate surface area is 132 Å². The first-order chi connectivity index (χ1) is 10.8. The molecule has 1 N–H and O–H groups in total. The van der Waals surface area contributed by atoms with Gasteiger partial charge in [0.05, 0.1) is 6.07 Å². The van der Waals surface area contributed by atoms with Crippen molar-refractivity contribution in [3.05, 3.63) is 35.9 Å². The van der Waals surface area contributed by atoms with Crippen molar-refractivity contribution < 1.29 is 4.79 Å². The maximum atomic E-state index is 12.0.